The highest BCUT2D eigenvalue weighted by molar-refractivity contribution is 5.74. The van der Waals surface area contributed by atoms with Crippen LogP contribution in [0.2, 0.25) is 0 Å². The van der Waals surface area contributed by atoms with Crippen LogP contribution in [0.1, 0.15) is 48.9 Å². The number of anilines is 1. The van der Waals surface area contributed by atoms with E-state index in [0.717, 1.165) is 36.8 Å². The van der Waals surface area contributed by atoms with Gasteiger partial charge in [-0.05, 0) is 43.4 Å². The normalized spacial score (nSPS) is 18.9. The molecule has 0 aliphatic heterocycles. The van der Waals surface area contributed by atoms with Crippen LogP contribution < -0.4 is 11.1 Å². The van der Waals surface area contributed by atoms with E-state index in [1.807, 2.05) is 0 Å². The van der Waals surface area contributed by atoms with Gasteiger partial charge in [-0.15, -0.1) is 0 Å². The van der Waals surface area contributed by atoms with Gasteiger partial charge in [0.1, 0.15) is 5.82 Å². The molecule has 0 aromatic heterocycles. The molecular formula is C14H19FN2O. The smallest absolute Gasteiger partial charge is 0.217 e. The fourth-order valence-electron chi connectivity index (χ4n) is 2.76. The summed E-state index contributed by atoms with van der Waals surface area (Å²) in [5, 5.41) is 2.92. The van der Waals surface area contributed by atoms with Gasteiger partial charge in [0.2, 0.25) is 5.91 Å². The average molecular weight is 250 g/mol. The lowest BCUT2D eigenvalue weighted by Gasteiger charge is -2.22. The van der Waals surface area contributed by atoms with E-state index in [2.05, 4.69) is 5.32 Å². The number of nitrogens with two attached hydrogens (primary N) is 1. The molecule has 4 heteroatoms. The molecule has 98 valence electrons. The van der Waals surface area contributed by atoms with Gasteiger partial charge in [0, 0.05) is 18.2 Å². The van der Waals surface area contributed by atoms with Crippen molar-refractivity contribution in [3.63, 3.8) is 0 Å². The molecule has 2 rings (SSSR count). The van der Waals surface area contributed by atoms with Crippen LogP contribution in [0.25, 0.3) is 0 Å². The lowest BCUT2D eigenvalue weighted by molar-refractivity contribution is -0.119. The third-order valence-electron chi connectivity index (χ3n) is 3.62. The summed E-state index contributed by atoms with van der Waals surface area (Å²) in [6, 6.07) is 1.29. The van der Waals surface area contributed by atoms with Crippen LogP contribution in [0.15, 0.2) is 6.07 Å². The largest absolute Gasteiger partial charge is 0.398 e. The standard InChI is InChI=1S/C14H19FN2O/c1-8-10-5-3-4-6-13(17-9(2)18)14(10)12(16)7-11(8)15/h7,13H,3-6,16H2,1-2H3,(H,17,18). The first-order valence-electron chi connectivity index (χ1n) is 6.35. The third kappa shape index (κ3) is 2.33. The molecule has 0 saturated carbocycles. The number of nitrogens with one attached hydrogen (secondary N) is 1. The Balaban J connectivity index is 2.53. The number of hydrogen-bond acceptors (Lipinski definition) is 2. The van der Waals surface area contributed by atoms with Crippen LogP contribution >= 0.6 is 0 Å². The SMILES string of the molecule is CC(=O)NC1CCCCc2c(C)c(F)cc(N)c21. The van der Waals surface area contributed by atoms with Crippen LogP contribution in [0.3, 0.4) is 0 Å². The van der Waals surface area contributed by atoms with Gasteiger partial charge in [-0.25, -0.2) is 4.39 Å². The molecule has 1 aromatic carbocycles. The summed E-state index contributed by atoms with van der Waals surface area (Å²) >= 11 is 0. The predicted octanol–water partition coefficient (Wildman–Crippen LogP) is 2.62. The molecule has 1 amide bonds. The number of nitrogen functional groups attached to an aromatic ring is 1. The summed E-state index contributed by atoms with van der Waals surface area (Å²) < 4.78 is 13.7. The Kier molecular flexibility index (Phi) is 3.55. The first-order valence-corrected chi connectivity index (χ1v) is 6.35. The lowest BCUT2D eigenvalue weighted by Crippen LogP contribution is -2.27. The number of halogens is 1. The molecule has 1 aliphatic rings. The number of rotatable bonds is 1. The molecular weight excluding hydrogens is 231 g/mol. The number of carbonyl (C=O) groups is 1. The van der Waals surface area contributed by atoms with E-state index in [1.165, 1.54) is 13.0 Å². The second-order valence-electron chi connectivity index (χ2n) is 4.96. The van der Waals surface area contributed by atoms with Crippen molar-refractivity contribution < 1.29 is 9.18 Å². The Morgan fingerprint density at radius 1 is 1.50 bits per heavy atom. The Morgan fingerprint density at radius 3 is 2.89 bits per heavy atom. The molecule has 18 heavy (non-hydrogen) atoms. The zero-order chi connectivity index (χ0) is 13.3. The average Bonchev–Trinajstić information content (AvgIpc) is 2.48. The molecule has 1 aliphatic carbocycles. The minimum absolute atomic E-state index is 0.0748. The lowest BCUT2D eigenvalue weighted by atomic mass is 9.93. The van der Waals surface area contributed by atoms with Gasteiger partial charge in [0.05, 0.1) is 6.04 Å². The molecule has 0 bridgehead atoms. The van der Waals surface area contributed by atoms with Crippen molar-refractivity contribution in [3.8, 4) is 0 Å². The van der Waals surface area contributed by atoms with Crippen LogP contribution in [0.5, 0.6) is 0 Å². The second kappa shape index (κ2) is 4.96. The maximum Gasteiger partial charge on any atom is 0.217 e. The first kappa shape index (κ1) is 12.9. The van der Waals surface area contributed by atoms with Crippen molar-refractivity contribution in [1.29, 1.82) is 0 Å². The van der Waals surface area contributed by atoms with Crippen molar-refractivity contribution >= 4 is 11.6 Å². The third-order valence-corrected chi connectivity index (χ3v) is 3.62. The molecule has 0 radical (unpaired) electrons. The molecule has 3 nitrogen and oxygen atoms in total. The monoisotopic (exact) mass is 250 g/mol. The fourth-order valence-corrected chi connectivity index (χ4v) is 2.76. The molecule has 1 atom stereocenters. The predicted molar refractivity (Wildman–Crippen MR) is 69.7 cm³/mol. The van der Waals surface area contributed by atoms with E-state index in [4.69, 9.17) is 5.73 Å². The molecule has 0 saturated heterocycles. The zero-order valence-corrected chi connectivity index (χ0v) is 10.8. The maximum atomic E-state index is 13.7. The highest BCUT2D eigenvalue weighted by Crippen LogP contribution is 2.35. The van der Waals surface area contributed by atoms with Gasteiger partial charge in [0.15, 0.2) is 0 Å². The van der Waals surface area contributed by atoms with E-state index < -0.39 is 0 Å². The number of hydrogen-bond donors (Lipinski definition) is 2. The Hall–Kier alpha value is -1.58. The van der Waals surface area contributed by atoms with E-state index in [0.29, 0.717) is 11.3 Å². The van der Waals surface area contributed by atoms with E-state index in [9.17, 15) is 9.18 Å². The van der Waals surface area contributed by atoms with Gasteiger partial charge in [-0.3, -0.25) is 4.79 Å². The summed E-state index contributed by atoms with van der Waals surface area (Å²) in [6.07, 6.45) is 3.72. The van der Waals surface area contributed by atoms with Crippen LogP contribution in [0.4, 0.5) is 10.1 Å². The number of fused-ring (bicyclic) bond motifs is 1. The van der Waals surface area contributed by atoms with Crippen molar-refractivity contribution in [1.82, 2.24) is 5.32 Å². The molecule has 1 aromatic rings. The van der Waals surface area contributed by atoms with Crippen LogP contribution in [-0.4, -0.2) is 5.91 Å². The summed E-state index contributed by atoms with van der Waals surface area (Å²) in [6.45, 7) is 3.28. The van der Waals surface area contributed by atoms with E-state index in [1.54, 1.807) is 6.92 Å². The van der Waals surface area contributed by atoms with Gasteiger partial charge in [0.25, 0.3) is 0 Å². The van der Waals surface area contributed by atoms with Crippen molar-refractivity contribution in [2.24, 2.45) is 0 Å². The van der Waals surface area contributed by atoms with Crippen molar-refractivity contribution in [3.05, 3.63) is 28.6 Å². The fraction of sp³-hybridized carbons (Fsp3) is 0.500. The van der Waals surface area contributed by atoms with E-state index >= 15 is 0 Å². The van der Waals surface area contributed by atoms with Crippen molar-refractivity contribution in [2.75, 3.05) is 5.73 Å². The Morgan fingerprint density at radius 2 is 2.22 bits per heavy atom. The number of benzene rings is 1. The maximum absolute atomic E-state index is 13.7. The zero-order valence-electron chi connectivity index (χ0n) is 10.8. The molecule has 0 spiro atoms. The van der Waals surface area contributed by atoms with E-state index in [-0.39, 0.29) is 17.8 Å². The highest BCUT2D eigenvalue weighted by atomic mass is 19.1. The minimum atomic E-state index is -0.255. The topological polar surface area (TPSA) is 55.1 Å². The van der Waals surface area contributed by atoms with Gasteiger partial charge >= 0.3 is 0 Å². The van der Waals surface area contributed by atoms with Gasteiger partial charge in [-0.2, -0.15) is 0 Å². The quantitative estimate of drug-likeness (QED) is 0.594. The highest BCUT2D eigenvalue weighted by Gasteiger charge is 2.24. The molecule has 1 unspecified atom stereocenters. The molecule has 0 fully saturated rings. The van der Waals surface area contributed by atoms with Gasteiger partial charge < -0.3 is 11.1 Å². The first-order chi connectivity index (χ1) is 8.50. The summed E-state index contributed by atoms with van der Waals surface area (Å²) in [7, 11) is 0. The molecule has 3 N–H and O–H groups in total. The van der Waals surface area contributed by atoms with Gasteiger partial charge in [-0.1, -0.05) is 6.42 Å². The summed E-state index contributed by atoms with van der Waals surface area (Å²) in [4.78, 5) is 11.3. The Bertz CT molecular complexity index is 485. The Labute approximate surface area is 107 Å². The van der Waals surface area contributed by atoms with Crippen LogP contribution in [0, 0.1) is 12.7 Å². The van der Waals surface area contributed by atoms with Crippen LogP contribution in [-0.2, 0) is 11.2 Å². The summed E-state index contributed by atoms with van der Waals surface area (Å²) in [5.74, 6) is -0.330. The second-order valence-corrected chi connectivity index (χ2v) is 4.96. The minimum Gasteiger partial charge on any atom is -0.398 e. The molecule has 0 heterocycles. The number of carbonyl (C=O) groups excluding carboxylic acids is 1. The summed E-state index contributed by atoms with van der Waals surface area (Å²) in [5.41, 5.74) is 8.97. The van der Waals surface area contributed by atoms with Crippen molar-refractivity contribution in [2.45, 2.75) is 45.6 Å². The number of amides is 1.